The van der Waals surface area contributed by atoms with Crippen LogP contribution in [0.2, 0.25) is 0 Å². The molecule has 1 saturated carbocycles. The van der Waals surface area contributed by atoms with Gasteiger partial charge in [-0.25, -0.2) is 4.98 Å². The van der Waals surface area contributed by atoms with Crippen LogP contribution in [0.3, 0.4) is 0 Å². The Balaban J connectivity index is 1.28. The monoisotopic (exact) mass is 490 g/mol. The van der Waals surface area contributed by atoms with Crippen molar-refractivity contribution in [3.05, 3.63) is 30.4 Å². The molecule has 36 heavy (non-hydrogen) atoms. The fraction of sp³-hybridized carbons (Fsp3) is 0.522. The number of aromatic amines is 1. The average Bonchev–Trinajstić information content (AvgIpc) is 3.42. The minimum absolute atomic E-state index is 0.0695. The third kappa shape index (κ3) is 4.91. The first kappa shape index (κ1) is 22.6. The van der Waals surface area contributed by atoms with Crippen molar-refractivity contribution in [2.45, 2.75) is 56.5 Å². The number of aromatic nitrogens is 7. The van der Waals surface area contributed by atoms with Gasteiger partial charge in [0.05, 0.1) is 6.20 Å². The maximum absolute atomic E-state index is 13.1. The zero-order valence-corrected chi connectivity index (χ0v) is 20.0. The number of nitrogens with one attached hydrogen (secondary N) is 3. The van der Waals surface area contributed by atoms with E-state index in [1.807, 2.05) is 11.0 Å². The lowest BCUT2D eigenvalue weighted by atomic mass is 10.1. The van der Waals surface area contributed by atoms with Gasteiger partial charge in [-0.1, -0.05) is 0 Å². The maximum Gasteiger partial charge on any atom is 0.248 e. The van der Waals surface area contributed by atoms with Crippen molar-refractivity contribution in [1.82, 2.24) is 35.1 Å². The molecule has 13 nitrogen and oxygen atoms in total. The summed E-state index contributed by atoms with van der Waals surface area (Å²) in [6, 6.07) is 1.65. The van der Waals surface area contributed by atoms with Crippen molar-refractivity contribution < 1.29 is 4.79 Å². The fourth-order valence-corrected chi connectivity index (χ4v) is 4.84. The lowest BCUT2D eigenvalue weighted by molar-refractivity contribution is -0.117. The van der Waals surface area contributed by atoms with E-state index in [1.54, 1.807) is 12.4 Å². The Morgan fingerprint density at radius 2 is 1.89 bits per heavy atom. The van der Waals surface area contributed by atoms with E-state index in [9.17, 15) is 4.79 Å². The number of anilines is 5. The van der Waals surface area contributed by atoms with Crippen molar-refractivity contribution in [2.75, 3.05) is 40.1 Å². The summed E-state index contributed by atoms with van der Waals surface area (Å²) in [4.78, 5) is 39.5. The van der Waals surface area contributed by atoms with Crippen LogP contribution in [0.1, 0.15) is 50.1 Å². The fourth-order valence-electron chi connectivity index (χ4n) is 4.84. The Labute approximate surface area is 208 Å². The molecule has 1 amide bonds. The van der Waals surface area contributed by atoms with Crippen molar-refractivity contribution >= 4 is 35.4 Å². The van der Waals surface area contributed by atoms with Gasteiger partial charge in [-0.15, -0.1) is 0 Å². The van der Waals surface area contributed by atoms with Crippen molar-refractivity contribution in [1.29, 1.82) is 0 Å². The average molecular weight is 491 g/mol. The van der Waals surface area contributed by atoms with Crippen LogP contribution in [-0.2, 0) is 4.79 Å². The predicted octanol–water partition coefficient (Wildman–Crippen LogP) is 1.54. The van der Waals surface area contributed by atoms with E-state index in [4.69, 9.17) is 20.7 Å². The van der Waals surface area contributed by atoms with Crippen LogP contribution in [0.4, 0.5) is 29.5 Å². The van der Waals surface area contributed by atoms with Gasteiger partial charge in [0.25, 0.3) is 0 Å². The molecule has 188 valence electrons. The van der Waals surface area contributed by atoms with Gasteiger partial charge >= 0.3 is 0 Å². The maximum atomic E-state index is 13.1. The second-order valence-corrected chi connectivity index (χ2v) is 9.65. The van der Waals surface area contributed by atoms with Crippen LogP contribution in [0, 0.1) is 0 Å². The first-order valence-electron chi connectivity index (χ1n) is 12.5. The van der Waals surface area contributed by atoms with E-state index in [0.29, 0.717) is 54.9 Å². The molecule has 0 aromatic carbocycles. The number of piperidine rings is 1. The number of nitrogens with zero attached hydrogens (tertiary/aromatic N) is 8. The summed E-state index contributed by atoms with van der Waals surface area (Å²) in [5, 5.41) is 13.6. The molecular weight excluding hydrogens is 460 g/mol. The van der Waals surface area contributed by atoms with Crippen LogP contribution in [0.15, 0.2) is 24.7 Å². The van der Waals surface area contributed by atoms with Gasteiger partial charge in [0, 0.05) is 55.7 Å². The van der Waals surface area contributed by atoms with E-state index in [1.165, 1.54) is 19.0 Å². The minimum atomic E-state index is -0.425. The van der Waals surface area contributed by atoms with Crippen molar-refractivity contribution in [2.24, 2.45) is 5.73 Å². The Morgan fingerprint density at radius 3 is 2.69 bits per heavy atom. The third-order valence-electron chi connectivity index (χ3n) is 6.83. The number of hydrogen-bond acceptors (Lipinski definition) is 11. The Morgan fingerprint density at radius 1 is 1.03 bits per heavy atom. The molecule has 3 aromatic rings. The number of hydrogen-bond donors (Lipinski definition) is 4. The molecule has 13 heteroatoms. The highest BCUT2D eigenvalue weighted by molar-refractivity contribution is 5.96. The molecule has 3 aromatic heterocycles. The SMILES string of the molecule is N[C@H]1CCCN(c2nc(Nc3cc(C4CC4)[nH]n3)nc(N3CCC[C@H]3C(=O)Nc3cnccn3)n2)C1. The first-order valence-corrected chi connectivity index (χ1v) is 12.5. The first-order chi connectivity index (χ1) is 17.6. The van der Waals surface area contributed by atoms with Gasteiger partial charge in [0.1, 0.15) is 6.04 Å². The van der Waals surface area contributed by atoms with Crippen molar-refractivity contribution in [3.63, 3.8) is 0 Å². The minimum Gasteiger partial charge on any atom is -0.339 e. The second-order valence-electron chi connectivity index (χ2n) is 9.65. The van der Waals surface area contributed by atoms with E-state index >= 15 is 0 Å². The molecule has 2 aliphatic heterocycles. The molecule has 0 radical (unpaired) electrons. The van der Waals surface area contributed by atoms with Crippen LogP contribution in [0.25, 0.3) is 0 Å². The summed E-state index contributed by atoms with van der Waals surface area (Å²) in [6.45, 7) is 2.16. The zero-order valence-electron chi connectivity index (χ0n) is 20.0. The molecule has 2 atom stereocenters. The largest absolute Gasteiger partial charge is 0.339 e. The summed E-state index contributed by atoms with van der Waals surface area (Å²) in [5.41, 5.74) is 7.36. The van der Waals surface area contributed by atoms with Gasteiger partial charge in [-0.2, -0.15) is 20.1 Å². The summed E-state index contributed by atoms with van der Waals surface area (Å²) in [7, 11) is 0. The molecule has 0 spiro atoms. The smallest absolute Gasteiger partial charge is 0.248 e. The lowest BCUT2D eigenvalue weighted by Gasteiger charge is -2.31. The van der Waals surface area contributed by atoms with Gasteiger partial charge in [-0.3, -0.25) is 14.9 Å². The molecule has 2 saturated heterocycles. The number of rotatable bonds is 7. The molecular formula is C23H30N12O. The molecule has 3 aliphatic rings. The number of nitrogens with two attached hydrogens (primary N) is 1. The molecule has 5 N–H and O–H groups in total. The van der Waals surface area contributed by atoms with E-state index in [-0.39, 0.29) is 11.9 Å². The lowest BCUT2D eigenvalue weighted by Crippen LogP contribution is -2.44. The second kappa shape index (κ2) is 9.64. The number of carbonyl (C=O) groups excluding carboxylic acids is 1. The molecule has 1 aliphatic carbocycles. The Bertz CT molecular complexity index is 1210. The number of H-pyrrole nitrogens is 1. The van der Waals surface area contributed by atoms with Crippen LogP contribution >= 0.6 is 0 Å². The highest BCUT2D eigenvalue weighted by Crippen LogP contribution is 2.39. The third-order valence-corrected chi connectivity index (χ3v) is 6.83. The summed E-state index contributed by atoms with van der Waals surface area (Å²) in [5.74, 6) is 2.88. The predicted molar refractivity (Wildman–Crippen MR) is 134 cm³/mol. The summed E-state index contributed by atoms with van der Waals surface area (Å²) < 4.78 is 0. The van der Waals surface area contributed by atoms with Crippen LogP contribution in [-0.4, -0.2) is 72.7 Å². The van der Waals surface area contributed by atoms with Gasteiger partial charge < -0.3 is 26.2 Å². The van der Waals surface area contributed by atoms with Gasteiger partial charge in [-0.05, 0) is 38.5 Å². The van der Waals surface area contributed by atoms with Crippen molar-refractivity contribution in [3.8, 4) is 0 Å². The Hall–Kier alpha value is -3.87. The molecule has 3 fully saturated rings. The quantitative estimate of drug-likeness (QED) is 0.379. The molecule has 0 bridgehead atoms. The molecule has 0 unspecified atom stereocenters. The standard InChI is InChI=1S/C23H30N12O/c24-15-3-1-9-34(13-15)22-29-21(28-18-11-16(32-33-18)14-5-6-14)30-23(31-22)35-10-2-4-17(35)20(36)27-19-12-25-7-8-26-19/h7-8,11-12,14-15,17H,1-6,9-10,13,24H2,(H,26,27,36)(H2,28,29,30,31,32,33)/t15-,17-/m0/s1. The Kier molecular flexibility index (Phi) is 6.05. The topological polar surface area (TPSA) is 167 Å². The van der Waals surface area contributed by atoms with E-state index in [0.717, 1.165) is 31.5 Å². The number of amides is 1. The number of carbonyl (C=O) groups is 1. The van der Waals surface area contributed by atoms with Crippen LogP contribution < -0.4 is 26.2 Å². The molecule has 6 rings (SSSR count). The van der Waals surface area contributed by atoms with E-state index < -0.39 is 6.04 Å². The summed E-state index contributed by atoms with van der Waals surface area (Å²) in [6.07, 6.45) is 10.5. The van der Waals surface area contributed by atoms with E-state index in [2.05, 4.69) is 35.7 Å². The van der Waals surface area contributed by atoms with Crippen LogP contribution in [0.5, 0.6) is 0 Å². The molecule has 5 heterocycles. The normalized spacial score (nSPS) is 22.0. The van der Waals surface area contributed by atoms with Gasteiger partial charge in [0.15, 0.2) is 11.6 Å². The zero-order chi connectivity index (χ0) is 24.5. The van der Waals surface area contributed by atoms with Gasteiger partial charge in [0.2, 0.25) is 23.8 Å². The highest BCUT2D eigenvalue weighted by atomic mass is 16.2. The summed E-state index contributed by atoms with van der Waals surface area (Å²) >= 11 is 0. The highest BCUT2D eigenvalue weighted by Gasteiger charge is 2.34.